The van der Waals surface area contributed by atoms with Crippen LogP contribution in [0.25, 0.3) is 11.1 Å². The molecule has 0 radical (unpaired) electrons. The Balaban J connectivity index is 1.82. The van der Waals surface area contributed by atoms with E-state index in [2.05, 4.69) is 15.4 Å². The van der Waals surface area contributed by atoms with E-state index in [0.29, 0.717) is 24.2 Å². The van der Waals surface area contributed by atoms with Gasteiger partial charge in [-0.25, -0.2) is 17.5 Å². The Morgan fingerprint density at radius 1 is 1.22 bits per heavy atom. The smallest absolute Gasteiger partial charge is 0.347 e. The first-order valence-electron chi connectivity index (χ1n) is 11.7. The molecule has 0 saturated carbocycles. The molecule has 1 atom stereocenters. The molecule has 1 amide bonds. The lowest BCUT2D eigenvalue weighted by atomic mass is 9.87. The molecule has 10 nitrogen and oxygen atoms in total. The third-order valence-corrected chi connectivity index (χ3v) is 8.30. The number of aliphatic carboxylic acids is 1. The maximum absolute atomic E-state index is 12.9. The van der Waals surface area contributed by atoms with E-state index in [1.54, 1.807) is 24.3 Å². The fourth-order valence-electron chi connectivity index (χ4n) is 4.48. The van der Waals surface area contributed by atoms with Crippen LogP contribution in [0, 0.1) is 0 Å². The third kappa shape index (κ3) is 4.73. The molecule has 2 heterocycles. The van der Waals surface area contributed by atoms with Crippen molar-refractivity contribution in [3.63, 3.8) is 0 Å². The summed E-state index contributed by atoms with van der Waals surface area (Å²) in [6, 6.07) is 8.52. The number of likely N-dealkylation sites (N-methyl/N-ethyl adjacent to an activating group) is 1. The van der Waals surface area contributed by atoms with Gasteiger partial charge < -0.3 is 20.2 Å². The minimum absolute atomic E-state index is 0.0245. The van der Waals surface area contributed by atoms with Gasteiger partial charge in [-0.15, -0.1) is 0 Å². The van der Waals surface area contributed by atoms with Gasteiger partial charge >= 0.3 is 5.97 Å². The summed E-state index contributed by atoms with van der Waals surface area (Å²) in [4.78, 5) is 32.0. The van der Waals surface area contributed by atoms with Gasteiger partial charge in [0.2, 0.25) is 16.1 Å². The topological polar surface area (TPSA) is 129 Å². The number of sulfonamides is 1. The number of rotatable bonds is 8. The monoisotopic (exact) mass is 514 g/mol. The Kier molecular flexibility index (Phi) is 7.17. The van der Waals surface area contributed by atoms with Crippen molar-refractivity contribution in [3.8, 4) is 11.1 Å². The summed E-state index contributed by atoms with van der Waals surface area (Å²) in [6.45, 7) is 3.29. The van der Waals surface area contributed by atoms with Crippen LogP contribution in [0.4, 0.5) is 5.69 Å². The van der Waals surface area contributed by atoms with Crippen LogP contribution in [-0.4, -0.2) is 74.1 Å². The van der Waals surface area contributed by atoms with E-state index < -0.39 is 28.0 Å². The van der Waals surface area contributed by atoms with Crippen LogP contribution in [0.5, 0.6) is 0 Å². The predicted molar refractivity (Wildman–Crippen MR) is 135 cm³/mol. The quantitative estimate of drug-likeness (QED) is 0.518. The molecular weight excluding hydrogens is 484 g/mol. The molecule has 36 heavy (non-hydrogen) atoms. The number of anilines is 1. The molecule has 4 rings (SSSR count). The van der Waals surface area contributed by atoms with E-state index in [9.17, 15) is 23.1 Å². The van der Waals surface area contributed by atoms with Crippen molar-refractivity contribution in [2.75, 3.05) is 33.0 Å². The summed E-state index contributed by atoms with van der Waals surface area (Å²) in [5.41, 5.74) is 4.94. The Labute approximate surface area is 210 Å². The second-order valence-electron chi connectivity index (χ2n) is 9.22. The molecule has 0 spiro atoms. The molecule has 192 valence electrons. The number of carboxylic acid groups (broad SMARTS) is 1. The molecule has 0 fully saturated rings. The lowest BCUT2D eigenvalue weighted by molar-refractivity contribution is -0.150. The number of benzene rings is 2. The van der Waals surface area contributed by atoms with E-state index in [-0.39, 0.29) is 17.0 Å². The van der Waals surface area contributed by atoms with Crippen LogP contribution >= 0.6 is 0 Å². The average molecular weight is 515 g/mol. The molecule has 0 aromatic heterocycles. The first-order chi connectivity index (χ1) is 17.0. The normalized spacial score (nSPS) is 17.6. The van der Waals surface area contributed by atoms with Crippen molar-refractivity contribution in [1.29, 1.82) is 0 Å². The van der Waals surface area contributed by atoms with Gasteiger partial charge in [-0.05, 0) is 60.3 Å². The molecule has 2 aliphatic heterocycles. The number of oxime groups is 1. The zero-order valence-corrected chi connectivity index (χ0v) is 21.6. The van der Waals surface area contributed by atoms with Crippen LogP contribution in [0.2, 0.25) is 0 Å². The number of nitrogens with one attached hydrogen (secondary N) is 1. The summed E-state index contributed by atoms with van der Waals surface area (Å²) in [5.74, 6) is -1.59. The first-order valence-corrected chi connectivity index (χ1v) is 13.2. The van der Waals surface area contributed by atoms with Gasteiger partial charge in [0.1, 0.15) is 0 Å². The second kappa shape index (κ2) is 10.00. The number of fused-ring (bicyclic) bond motifs is 3. The summed E-state index contributed by atoms with van der Waals surface area (Å²) < 4.78 is 26.2. The van der Waals surface area contributed by atoms with E-state index in [4.69, 9.17) is 4.84 Å². The minimum Gasteiger partial charge on any atom is -0.478 e. The van der Waals surface area contributed by atoms with Crippen molar-refractivity contribution in [1.82, 2.24) is 9.21 Å². The van der Waals surface area contributed by atoms with Gasteiger partial charge in [0.05, 0.1) is 10.6 Å². The van der Waals surface area contributed by atoms with Crippen LogP contribution in [0.3, 0.4) is 0 Å². The highest BCUT2D eigenvalue weighted by molar-refractivity contribution is 7.89. The number of nitrogens with zero attached hydrogens (tertiary/aromatic N) is 3. The first kappa shape index (κ1) is 25.8. The summed E-state index contributed by atoms with van der Waals surface area (Å²) in [6.07, 6.45) is 0.466. The molecular formula is C25H30N4O6S. The zero-order valence-electron chi connectivity index (χ0n) is 20.7. The third-order valence-electron chi connectivity index (χ3n) is 6.47. The second-order valence-corrected chi connectivity index (χ2v) is 11.4. The molecule has 2 N–H and O–H groups in total. The van der Waals surface area contributed by atoms with E-state index >= 15 is 0 Å². The van der Waals surface area contributed by atoms with Gasteiger partial charge in [0, 0.05) is 32.7 Å². The Hall–Kier alpha value is -3.28. The van der Waals surface area contributed by atoms with Crippen LogP contribution in [-0.2, 0) is 37.4 Å². The lowest BCUT2D eigenvalue weighted by Crippen LogP contribution is -2.27. The van der Waals surface area contributed by atoms with Gasteiger partial charge in [0.25, 0.3) is 5.91 Å². The summed E-state index contributed by atoms with van der Waals surface area (Å²) in [7, 11) is 1.41. The minimum atomic E-state index is -3.57. The standard InChI is InChI=1S/C25H30N4O6S/c1-5-6-21(25(31)32)35-27-23-19-13-18(15-7-9-16(10-8-15)36(33,34)28(2)3)17-11-12-29(4)14-20(17)22(19)26-24(23)30/h7-10,13,21H,5-6,11-12,14H2,1-4H3,(H,31,32)(H,26,27,30)/t21-/m0/s1. The number of amides is 1. The highest BCUT2D eigenvalue weighted by atomic mass is 32.2. The predicted octanol–water partition coefficient (Wildman–Crippen LogP) is 2.52. The fourth-order valence-corrected chi connectivity index (χ4v) is 5.38. The Morgan fingerprint density at radius 2 is 1.92 bits per heavy atom. The van der Waals surface area contributed by atoms with Gasteiger partial charge in [0.15, 0.2) is 5.71 Å². The molecule has 0 bridgehead atoms. The van der Waals surface area contributed by atoms with Gasteiger partial charge in [-0.2, -0.15) is 0 Å². The molecule has 0 saturated heterocycles. The van der Waals surface area contributed by atoms with Crippen LogP contribution < -0.4 is 5.32 Å². The summed E-state index contributed by atoms with van der Waals surface area (Å²) in [5, 5.41) is 16.3. The van der Waals surface area contributed by atoms with E-state index in [1.807, 2.05) is 20.0 Å². The number of hydrogen-bond acceptors (Lipinski definition) is 7. The van der Waals surface area contributed by atoms with E-state index in [0.717, 1.165) is 39.5 Å². The summed E-state index contributed by atoms with van der Waals surface area (Å²) >= 11 is 0. The molecule has 2 aromatic rings. The number of carbonyl (C=O) groups is 2. The Bertz CT molecular complexity index is 1340. The molecule has 2 aromatic carbocycles. The molecule has 0 aliphatic carbocycles. The Morgan fingerprint density at radius 3 is 2.53 bits per heavy atom. The van der Waals surface area contributed by atoms with Crippen molar-refractivity contribution >= 4 is 33.3 Å². The zero-order chi connectivity index (χ0) is 26.2. The van der Waals surface area contributed by atoms with Crippen LogP contribution in [0.15, 0.2) is 40.4 Å². The maximum Gasteiger partial charge on any atom is 0.347 e. The van der Waals surface area contributed by atoms with Crippen molar-refractivity contribution in [2.45, 2.75) is 43.7 Å². The largest absolute Gasteiger partial charge is 0.478 e. The molecule has 2 aliphatic rings. The highest BCUT2D eigenvalue weighted by Crippen LogP contribution is 2.40. The number of hydrogen-bond donors (Lipinski definition) is 2. The van der Waals surface area contributed by atoms with Gasteiger partial charge in [-0.3, -0.25) is 4.79 Å². The van der Waals surface area contributed by atoms with Crippen molar-refractivity contribution in [2.24, 2.45) is 5.16 Å². The average Bonchev–Trinajstić information content (AvgIpc) is 3.16. The van der Waals surface area contributed by atoms with Gasteiger partial charge in [-0.1, -0.05) is 30.6 Å². The SMILES string of the molecule is CCC[C@H](O/N=C1/C(=O)Nc2c1cc(-c1ccc(S(=O)(=O)N(C)C)cc1)c1c2CN(C)CC1)C(=O)O. The molecule has 11 heteroatoms. The highest BCUT2D eigenvalue weighted by Gasteiger charge is 2.34. The maximum atomic E-state index is 12.9. The number of carbonyl (C=O) groups excluding carboxylic acids is 1. The molecule has 0 unspecified atom stereocenters. The van der Waals surface area contributed by atoms with Crippen molar-refractivity contribution in [3.05, 3.63) is 47.0 Å². The van der Waals surface area contributed by atoms with Crippen molar-refractivity contribution < 1.29 is 28.0 Å². The fraction of sp³-hybridized carbons (Fsp3) is 0.400. The number of carboxylic acids is 1. The van der Waals surface area contributed by atoms with Crippen LogP contribution in [0.1, 0.15) is 36.5 Å². The lowest BCUT2D eigenvalue weighted by Gasteiger charge is -2.29. The van der Waals surface area contributed by atoms with E-state index in [1.165, 1.54) is 14.1 Å².